The maximum atomic E-state index is 12.1. The van der Waals surface area contributed by atoms with Crippen LogP contribution in [0.3, 0.4) is 0 Å². The third kappa shape index (κ3) is 4.16. The number of H-pyrrole nitrogens is 1. The number of hydrogen-bond donors (Lipinski definition) is 4. The average molecular weight is 463 g/mol. The minimum Gasteiger partial charge on any atom is -0.383 e. The van der Waals surface area contributed by atoms with Gasteiger partial charge in [0.25, 0.3) is 5.56 Å². The Morgan fingerprint density at radius 2 is 2.11 bits per heavy atom. The van der Waals surface area contributed by atoms with Crippen LogP contribution in [0.25, 0.3) is 10.9 Å². The third-order valence-electron chi connectivity index (χ3n) is 4.85. The van der Waals surface area contributed by atoms with Crippen molar-refractivity contribution >= 4 is 50.1 Å². The normalized spacial score (nSPS) is 15.9. The second-order valence-corrected chi connectivity index (χ2v) is 8.11. The first-order valence-corrected chi connectivity index (χ1v) is 10.5. The van der Waals surface area contributed by atoms with E-state index in [-0.39, 0.29) is 11.6 Å². The van der Waals surface area contributed by atoms with Crippen molar-refractivity contribution in [3.05, 3.63) is 61.8 Å². The maximum absolute atomic E-state index is 12.1. The smallest absolute Gasteiger partial charge is 0.260 e. The molecule has 2 aromatic carbocycles. The van der Waals surface area contributed by atoms with Crippen molar-refractivity contribution in [2.75, 3.05) is 30.3 Å². The van der Waals surface area contributed by atoms with Gasteiger partial charge in [0, 0.05) is 23.6 Å². The number of aromatic amines is 1. The highest BCUT2D eigenvalue weighted by Crippen LogP contribution is 2.37. The molecule has 0 unspecified atom stereocenters. The number of nitrogens with one attached hydrogen (secondary N) is 4. The van der Waals surface area contributed by atoms with Gasteiger partial charge in [0.1, 0.15) is 0 Å². The second kappa shape index (κ2) is 8.51. The standard InChI is InChI=1S/C20H21BrClN5O/c21-12-10-14-16(6-9-24-18(14)15(22)11-12)23-7-3-8-25-20-26-17-5-2-1-4-13(17)19(28)27-20/h1-2,4-5,10-11,16,23-24H,3,6-9H2,(H2,25,26,27,28)/t16-/m1/s1. The third-order valence-corrected chi connectivity index (χ3v) is 5.60. The molecule has 0 fully saturated rings. The van der Waals surface area contributed by atoms with Crippen LogP contribution in [0.5, 0.6) is 0 Å². The van der Waals surface area contributed by atoms with Crippen molar-refractivity contribution in [1.29, 1.82) is 0 Å². The van der Waals surface area contributed by atoms with Gasteiger partial charge in [-0.3, -0.25) is 9.78 Å². The predicted octanol–water partition coefficient (Wildman–Crippen LogP) is 4.29. The van der Waals surface area contributed by atoms with Gasteiger partial charge in [0.05, 0.1) is 21.6 Å². The first kappa shape index (κ1) is 19.2. The number of benzene rings is 2. The number of nitrogens with zero attached hydrogens (tertiary/aromatic N) is 1. The zero-order valence-electron chi connectivity index (χ0n) is 15.2. The van der Waals surface area contributed by atoms with Crippen molar-refractivity contribution in [2.45, 2.75) is 18.9 Å². The molecule has 0 aliphatic carbocycles. The minimum absolute atomic E-state index is 0.125. The summed E-state index contributed by atoms with van der Waals surface area (Å²) in [5.41, 5.74) is 2.78. The molecule has 0 bridgehead atoms. The largest absolute Gasteiger partial charge is 0.383 e. The fraction of sp³-hybridized carbons (Fsp3) is 0.300. The molecule has 0 radical (unpaired) electrons. The van der Waals surface area contributed by atoms with Gasteiger partial charge in [-0.1, -0.05) is 39.7 Å². The lowest BCUT2D eigenvalue weighted by Gasteiger charge is -2.28. The number of aromatic nitrogens is 2. The van der Waals surface area contributed by atoms with Crippen LogP contribution < -0.4 is 21.5 Å². The highest BCUT2D eigenvalue weighted by atomic mass is 79.9. The van der Waals surface area contributed by atoms with Crippen LogP contribution >= 0.6 is 27.5 Å². The Labute approximate surface area is 176 Å². The Kier molecular flexibility index (Phi) is 5.85. The van der Waals surface area contributed by atoms with Gasteiger partial charge in [-0.15, -0.1) is 0 Å². The van der Waals surface area contributed by atoms with Crippen LogP contribution in [-0.2, 0) is 0 Å². The number of para-hydroxylation sites is 1. The zero-order valence-corrected chi connectivity index (χ0v) is 17.5. The molecule has 6 nitrogen and oxygen atoms in total. The molecule has 0 spiro atoms. The van der Waals surface area contributed by atoms with Crippen molar-refractivity contribution in [3.63, 3.8) is 0 Å². The van der Waals surface area contributed by atoms with Crippen LogP contribution in [0.15, 0.2) is 45.7 Å². The van der Waals surface area contributed by atoms with Crippen molar-refractivity contribution in [1.82, 2.24) is 15.3 Å². The van der Waals surface area contributed by atoms with Crippen molar-refractivity contribution in [2.24, 2.45) is 0 Å². The quantitative estimate of drug-likeness (QED) is 0.411. The number of anilines is 2. The summed E-state index contributed by atoms with van der Waals surface area (Å²) in [6.45, 7) is 2.46. The molecule has 0 amide bonds. The zero-order chi connectivity index (χ0) is 19.5. The van der Waals surface area contributed by atoms with E-state index < -0.39 is 0 Å². The average Bonchev–Trinajstić information content (AvgIpc) is 2.68. The molecular weight excluding hydrogens is 442 g/mol. The molecule has 1 aromatic heterocycles. The predicted molar refractivity (Wildman–Crippen MR) is 118 cm³/mol. The molecule has 3 aromatic rings. The summed E-state index contributed by atoms with van der Waals surface area (Å²) < 4.78 is 0.986. The molecule has 0 saturated carbocycles. The maximum Gasteiger partial charge on any atom is 0.260 e. The lowest BCUT2D eigenvalue weighted by atomic mass is 9.98. The second-order valence-electron chi connectivity index (χ2n) is 6.79. The Morgan fingerprint density at radius 1 is 1.25 bits per heavy atom. The molecule has 0 saturated heterocycles. The van der Waals surface area contributed by atoms with Gasteiger partial charge in [0.15, 0.2) is 0 Å². The van der Waals surface area contributed by atoms with E-state index in [1.165, 1.54) is 5.56 Å². The van der Waals surface area contributed by atoms with E-state index in [4.69, 9.17) is 11.6 Å². The lowest BCUT2D eigenvalue weighted by Crippen LogP contribution is -2.30. The molecule has 4 rings (SSSR count). The van der Waals surface area contributed by atoms with E-state index in [1.807, 2.05) is 24.3 Å². The van der Waals surface area contributed by atoms with Crippen molar-refractivity contribution < 1.29 is 0 Å². The molecule has 2 heterocycles. The summed E-state index contributed by atoms with van der Waals surface area (Å²) in [4.78, 5) is 19.3. The molecular formula is C20H21BrClN5O. The van der Waals surface area contributed by atoms with E-state index >= 15 is 0 Å². The first-order chi connectivity index (χ1) is 13.6. The van der Waals surface area contributed by atoms with Crippen molar-refractivity contribution in [3.8, 4) is 0 Å². The summed E-state index contributed by atoms with van der Waals surface area (Å²) in [5.74, 6) is 0.506. The molecule has 146 valence electrons. The molecule has 8 heteroatoms. The van der Waals surface area contributed by atoms with E-state index in [0.29, 0.717) is 23.4 Å². The topological polar surface area (TPSA) is 81.8 Å². The summed E-state index contributed by atoms with van der Waals surface area (Å²) >= 11 is 9.88. The number of fused-ring (bicyclic) bond motifs is 2. The van der Waals surface area contributed by atoms with E-state index in [0.717, 1.165) is 41.1 Å². The number of halogens is 2. The molecule has 1 aliphatic rings. The molecule has 1 aliphatic heterocycles. The van der Waals surface area contributed by atoms with E-state index in [2.05, 4.69) is 47.9 Å². The SMILES string of the molecule is O=c1[nH]c(NCCCN[C@@H]2CCNc3c(Cl)cc(Br)cc32)nc2ccccc12. The Hall–Kier alpha value is -2.09. The van der Waals surface area contributed by atoms with Gasteiger partial charge >= 0.3 is 0 Å². The van der Waals surface area contributed by atoms with Gasteiger partial charge in [-0.25, -0.2) is 4.98 Å². The number of rotatable bonds is 6. The summed E-state index contributed by atoms with van der Waals surface area (Å²) in [6, 6.07) is 11.6. The fourth-order valence-electron chi connectivity index (χ4n) is 3.51. The fourth-order valence-corrected chi connectivity index (χ4v) is 4.41. The summed E-state index contributed by atoms with van der Waals surface area (Å²) in [5, 5.41) is 11.5. The Balaban J connectivity index is 1.32. The highest BCUT2D eigenvalue weighted by Gasteiger charge is 2.21. The van der Waals surface area contributed by atoms with E-state index in [1.54, 1.807) is 6.07 Å². The number of hydrogen-bond acceptors (Lipinski definition) is 5. The molecule has 4 N–H and O–H groups in total. The first-order valence-electron chi connectivity index (χ1n) is 9.31. The Bertz CT molecular complexity index is 1050. The van der Waals surface area contributed by atoms with Crippen LogP contribution in [0.2, 0.25) is 5.02 Å². The Morgan fingerprint density at radius 3 is 3.00 bits per heavy atom. The minimum atomic E-state index is -0.125. The molecule has 28 heavy (non-hydrogen) atoms. The lowest BCUT2D eigenvalue weighted by molar-refractivity contribution is 0.497. The summed E-state index contributed by atoms with van der Waals surface area (Å²) in [7, 11) is 0. The van der Waals surface area contributed by atoms with Crippen LogP contribution in [0.4, 0.5) is 11.6 Å². The van der Waals surface area contributed by atoms with Gasteiger partial charge in [-0.05, 0) is 49.2 Å². The monoisotopic (exact) mass is 461 g/mol. The molecule has 1 atom stereocenters. The summed E-state index contributed by atoms with van der Waals surface area (Å²) in [6.07, 6.45) is 1.91. The van der Waals surface area contributed by atoms with Gasteiger partial charge < -0.3 is 16.0 Å². The van der Waals surface area contributed by atoms with Crippen LogP contribution in [0, 0.1) is 0 Å². The van der Waals surface area contributed by atoms with Gasteiger partial charge in [0.2, 0.25) is 5.95 Å². The van der Waals surface area contributed by atoms with E-state index in [9.17, 15) is 4.79 Å². The highest BCUT2D eigenvalue weighted by molar-refractivity contribution is 9.10. The van der Waals surface area contributed by atoms with Crippen LogP contribution in [-0.4, -0.2) is 29.6 Å². The van der Waals surface area contributed by atoms with Gasteiger partial charge in [-0.2, -0.15) is 0 Å². The van der Waals surface area contributed by atoms with Crippen LogP contribution in [0.1, 0.15) is 24.4 Å².